The van der Waals surface area contributed by atoms with E-state index >= 15 is 0 Å². The SMILES string of the molecule is NC(NC(NCc1ccccc1)c1ccccc1)c1ccc2c(ccc3ccc4c(c32)OC(C2=CCC(c3c(Nc5ccccc5)ccc5ccccc35)C=C2)N4)c1. The van der Waals surface area contributed by atoms with E-state index in [1.807, 2.05) is 18.2 Å². The molecule has 0 bridgehead atoms. The first kappa shape index (κ1) is 35.7. The van der Waals surface area contributed by atoms with Crippen LogP contribution in [0.15, 0.2) is 194 Å². The summed E-state index contributed by atoms with van der Waals surface area (Å²) in [6, 6.07) is 59.5. The molecule has 0 saturated carbocycles. The summed E-state index contributed by atoms with van der Waals surface area (Å²) in [4.78, 5) is 0. The molecule has 4 unspecified atom stereocenters. The Labute approximate surface area is 339 Å². The number of benzene rings is 8. The van der Waals surface area contributed by atoms with E-state index in [1.165, 1.54) is 21.9 Å². The summed E-state index contributed by atoms with van der Waals surface area (Å²) in [7, 11) is 0. The average Bonchev–Trinajstić information content (AvgIpc) is 3.73. The summed E-state index contributed by atoms with van der Waals surface area (Å²) in [5.74, 6) is 1.10. The van der Waals surface area contributed by atoms with Gasteiger partial charge in [0.15, 0.2) is 12.0 Å². The van der Waals surface area contributed by atoms with Crippen LogP contribution >= 0.6 is 0 Å². The van der Waals surface area contributed by atoms with Gasteiger partial charge in [0.2, 0.25) is 0 Å². The van der Waals surface area contributed by atoms with Gasteiger partial charge in [-0.15, -0.1) is 0 Å². The van der Waals surface area contributed by atoms with Gasteiger partial charge in [-0.25, -0.2) is 0 Å². The second-order valence-electron chi connectivity index (χ2n) is 15.2. The van der Waals surface area contributed by atoms with Gasteiger partial charge in [-0.1, -0.05) is 158 Å². The van der Waals surface area contributed by atoms with Crippen molar-refractivity contribution in [3.05, 3.63) is 216 Å². The van der Waals surface area contributed by atoms with Crippen molar-refractivity contribution in [2.75, 3.05) is 10.6 Å². The van der Waals surface area contributed by atoms with Gasteiger partial charge in [-0.05, 0) is 85.9 Å². The predicted octanol–water partition coefficient (Wildman–Crippen LogP) is 11.7. The predicted molar refractivity (Wildman–Crippen MR) is 240 cm³/mol. The molecule has 6 N–H and O–H groups in total. The third-order valence-electron chi connectivity index (χ3n) is 11.5. The monoisotopic (exact) mass is 755 g/mol. The second kappa shape index (κ2) is 15.7. The largest absolute Gasteiger partial charge is 0.464 e. The number of ether oxygens (including phenoxy) is 1. The maximum atomic E-state index is 6.91. The lowest BCUT2D eigenvalue weighted by Gasteiger charge is -2.25. The maximum Gasteiger partial charge on any atom is 0.196 e. The van der Waals surface area contributed by atoms with Crippen molar-refractivity contribution in [2.24, 2.45) is 5.73 Å². The lowest BCUT2D eigenvalue weighted by molar-refractivity contribution is 0.296. The molecule has 4 atom stereocenters. The van der Waals surface area contributed by atoms with E-state index in [9.17, 15) is 0 Å². The van der Waals surface area contributed by atoms with Gasteiger partial charge in [0, 0.05) is 34.8 Å². The Morgan fingerprint density at radius 2 is 1.40 bits per heavy atom. The molecule has 2 aliphatic rings. The third kappa shape index (κ3) is 7.10. The van der Waals surface area contributed by atoms with Gasteiger partial charge in [-0.2, -0.15) is 0 Å². The molecular weight excluding hydrogens is 711 g/mol. The quantitative estimate of drug-likeness (QED) is 0.0668. The number of hydrogen-bond acceptors (Lipinski definition) is 6. The summed E-state index contributed by atoms with van der Waals surface area (Å²) >= 11 is 0. The molecule has 0 aromatic heterocycles. The van der Waals surface area contributed by atoms with E-state index in [0.29, 0.717) is 6.54 Å². The summed E-state index contributed by atoms with van der Waals surface area (Å²) in [5, 5.41) is 21.7. The number of hydrogen-bond donors (Lipinski definition) is 5. The molecule has 1 aliphatic heterocycles. The van der Waals surface area contributed by atoms with Crippen LogP contribution in [0.5, 0.6) is 5.75 Å². The zero-order chi connectivity index (χ0) is 38.8. The molecule has 0 saturated heterocycles. The molecule has 1 aliphatic carbocycles. The zero-order valence-corrected chi connectivity index (χ0v) is 32.1. The first-order valence-corrected chi connectivity index (χ1v) is 20.1. The standard InChI is InChI=1S/C52H45N5O/c53-50(57-51(38-15-6-2-7-16-38)54-33-34-12-4-1-5-13-34)41-26-29-44-40(32-41)25-22-37-28-31-46-49(48(37)44)58-52(56-46)39-23-20-36(21-24-39)47-43-19-11-10-14-35(43)27-30-45(47)55-42-17-8-3-9-18-42/h1-20,22-32,36,50-52,54-57H,21,33,53H2. The lowest BCUT2D eigenvalue weighted by Crippen LogP contribution is -2.39. The van der Waals surface area contributed by atoms with Crippen molar-refractivity contribution in [2.45, 2.75) is 37.4 Å². The maximum absolute atomic E-state index is 6.91. The molecule has 8 aromatic carbocycles. The fraction of sp³-hybridized carbons (Fsp3) is 0.115. The Morgan fingerprint density at radius 3 is 2.21 bits per heavy atom. The van der Waals surface area contributed by atoms with Crippen molar-refractivity contribution in [3.8, 4) is 5.75 Å². The highest BCUT2D eigenvalue weighted by atomic mass is 16.5. The Bertz CT molecular complexity index is 2800. The van der Waals surface area contributed by atoms with Gasteiger partial charge < -0.3 is 21.1 Å². The van der Waals surface area contributed by atoms with E-state index < -0.39 is 6.17 Å². The van der Waals surface area contributed by atoms with Crippen LogP contribution < -0.4 is 31.7 Å². The van der Waals surface area contributed by atoms with E-state index in [4.69, 9.17) is 10.5 Å². The van der Waals surface area contributed by atoms with Crippen LogP contribution in [-0.2, 0) is 6.54 Å². The van der Waals surface area contributed by atoms with Gasteiger partial charge in [0.1, 0.15) is 0 Å². The molecule has 6 nitrogen and oxygen atoms in total. The fourth-order valence-corrected chi connectivity index (χ4v) is 8.55. The van der Waals surface area contributed by atoms with Crippen LogP contribution in [0.3, 0.4) is 0 Å². The van der Waals surface area contributed by atoms with E-state index in [0.717, 1.165) is 67.5 Å². The molecule has 0 radical (unpaired) electrons. The zero-order valence-electron chi connectivity index (χ0n) is 32.1. The average molecular weight is 756 g/mol. The first-order chi connectivity index (χ1) is 28.6. The number of anilines is 3. The number of nitrogens with one attached hydrogen (secondary N) is 4. The Hall–Kier alpha value is -6.70. The Balaban J connectivity index is 0.892. The number of rotatable bonds is 11. The highest BCUT2D eigenvalue weighted by Crippen LogP contribution is 2.45. The molecule has 284 valence electrons. The molecule has 6 heteroatoms. The Kier molecular flexibility index (Phi) is 9.65. The minimum atomic E-state index is -0.398. The third-order valence-corrected chi connectivity index (χ3v) is 11.5. The van der Waals surface area contributed by atoms with E-state index in [-0.39, 0.29) is 18.3 Å². The minimum Gasteiger partial charge on any atom is -0.464 e. The number of nitrogens with two attached hydrogens (primary N) is 1. The molecule has 0 fully saturated rings. The van der Waals surface area contributed by atoms with Crippen LogP contribution in [0.4, 0.5) is 17.1 Å². The second-order valence-corrected chi connectivity index (χ2v) is 15.2. The van der Waals surface area contributed by atoms with Crippen LogP contribution in [0.2, 0.25) is 0 Å². The normalized spacial score (nSPS) is 17.0. The van der Waals surface area contributed by atoms with Gasteiger partial charge in [-0.3, -0.25) is 10.6 Å². The highest BCUT2D eigenvalue weighted by Gasteiger charge is 2.29. The summed E-state index contributed by atoms with van der Waals surface area (Å²) < 4.78 is 6.84. The fourth-order valence-electron chi connectivity index (χ4n) is 8.55. The highest BCUT2D eigenvalue weighted by molar-refractivity contribution is 6.13. The first-order valence-electron chi connectivity index (χ1n) is 20.1. The van der Waals surface area contributed by atoms with E-state index in [1.54, 1.807) is 0 Å². The molecule has 0 spiro atoms. The van der Waals surface area contributed by atoms with Crippen molar-refractivity contribution < 1.29 is 4.74 Å². The summed E-state index contributed by atoms with van der Waals surface area (Å²) in [5.41, 5.74) is 15.9. The van der Waals surface area contributed by atoms with Gasteiger partial charge >= 0.3 is 0 Å². The number of para-hydroxylation sites is 1. The summed E-state index contributed by atoms with van der Waals surface area (Å²) in [6.45, 7) is 0.717. The smallest absolute Gasteiger partial charge is 0.196 e. The molecular formula is C52H45N5O. The molecule has 1 heterocycles. The van der Waals surface area contributed by atoms with Crippen molar-refractivity contribution in [3.63, 3.8) is 0 Å². The topological polar surface area (TPSA) is 83.4 Å². The van der Waals surface area contributed by atoms with Crippen LogP contribution in [0.1, 0.15) is 46.9 Å². The van der Waals surface area contributed by atoms with Crippen LogP contribution in [0, 0.1) is 0 Å². The molecule has 58 heavy (non-hydrogen) atoms. The summed E-state index contributed by atoms with van der Waals surface area (Å²) in [6.07, 6.45) is 6.97. The Morgan fingerprint density at radius 1 is 0.672 bits per heavy atom. The minimum absolute atomic E-state index is 0.137. The van der Waals surface area contributed by atoms with Crippen molar-refractivity contribution >= 4 is 49.4 Å². The molecule has 8 aromatic rings. The van der Waals surface area contributed by atoms with Crippen molar-refractivity contribution in [1.29, 1.82) is 0 Å². The van der Waals surface area contributed by atoms with Crippen LogP contribution in [-0.4, -0.2) is 6.23 Å². The van der Waals surface area contributed by atoms with Crippen LogP contribution in [0.25, 0.3) is 32.3 Å². The van der Waals surface area contributed by atoms with Gasteiger partial charge in [0.05, 0.1) is 18.0 Å². The van der Waals surface area contributed by atoms with Gasteiger partial charge in [0.25, 0.3) is 0 Å². The van der Waals surface area contributed by atoms with Crippen molar-refractivity contribution in [1.82, 2.24) is 10.6 Å². The molecule has 10 rings (SSSR count). The number of fused-ring (bicyclic) bond motifs is 6. The number of allylic oxidation sites excluding steroid dienone is 2. The molecule has 0 amide bonds. The van der Waals surface area contributed by atoms with E-state index in [2.05, 4.69) is 191 Å². The lowest BCUT2D eigenvalue weighted by atomic mass is 9.85.